The van der Waals surface area contributed by atoms with Crippen LogP contribution in [0.5, 0.6) is 0 Å². The molecular formula is C12H11F3O3. The highest BCUT2D eigenvalue weighted by atomic mass is 19.4. The minimum atomic E-state index is -4.96. The van der Waals surface area contributed by atoms with Crippen molar-refractivity contribution in [2.75, 3.05) is 0 Å². The number of aliphatic hydroxyl groups is 1. The minimum absolute atomic E-state index is 0.123. The third-order valence-corrected chi connectivity index (χ3v) is 2.89. The maximum atomic E-state index is 12.5. The van der Waals surface area contributed by atoms with Crippen LogP contribution in [0.2, 0.25) is 0 Å². The van der Waals surface area contributed by atoms with Crippen molar-refractivity contribution in [2.45, 2.75) is 24.8 Å². The maximum absolute atomic E-state index is 12.5. The van der Waals surface area contributed by atoms with E-state index in [9.17, 15) is 23.1 Å². The molecule has 18 heavy (non-hydrogen) atoms. The van der Waals surface area contributed by atoms with Gasteiger partial charge in [0, 0.05) is 6.42 Å². The van der Waals surface area contributed by atoms with Gasteiger partial charge < -0.3 is 9.84 Å². The van der Waals surface area contributed by atoms with E-state index < -0.39 is 30.3 Å². The van der Waals surface area contributed by atoms with Gasteiger partial charge in [-0.3, -0.25) is 4.79 Å². The minimum Gasteiger partial charge on any atom is -0.423 e. The SMILES string of the molecule is O=C1OC(O)(C(F)(F)F)CC1Cc1ccccc1. The number of hydrogen-bond acceptors (Lipinski definition) is 3. The van der Waals surface area contributed by atoms with Crippen molar-refractivity contribution in [1.29, 1.82) is 0 Å². The lowest BCUT2D eigenvalue weighted by Gasteiger charge is -2.23. The van der Waals surface area contributed by atoms with Crippen LogP contribution in [-0.2, 0) is 16.0 Å². The third-order valence-electron chi connectivity index (χ3n) is 2.89. The summed E-state index contributed by atoms with van der Waals surface area (Å²) in [5, 5.41) is 9.28. The fourth-order valence-electron chi connectivity index (χ4n) is 1.94. The first-order valence-corrected chi connectivity index (χ1v) is 5.38. The average molecular weight is 260 g/mol. The van der Waals surface area contributed by atoms with Gasteiger partial charge >= 0.3 is 17.9 Å². The first-order chi connectivity index (χ1) is 8.32. The standard InChI is InChI=1S/C12H11F3O3/c13-12(14,15)11(17)7-9(10(16)18-11)6-8-4-2-1-3-5-8/h1-5,9,17H,6-7H2. The van der Waals surface area contributed by atoms with Gasteiger partial charge in [0.05, 0.1) is 5.92 Å². The molecule has 1 fully saturated rings. The van der Waals surface area contributed by atoms with Crippen molar-refractivity contribution in [3.05, 3.63) is 35.9 Å². The molecule has 0 bridgehead atoms. The molecule has 1 aromatic rings. The Morgan fingerprint density at radius 2 is 1.94 bits per heavy atom. The topological polar surface area (TPSA) is 46.5 Å². The van der Waals surface area contributed by atoms with E-state index in [-0.39, 0.29) is 6.42 Å². The molecular weight excluding hydrogens is 249 g/mol. The first-order valence-electron chi connectivity index (χ1n) is 5.38. The molecule has 2 rings (SSSR count). The van der Waals surface area contributed by atoms with Crippen LogP contribution in [0, 0.1) is 5.92 Å². The second-order valence-electron chi connectivity index (χ2n) is 4.29. The van der Waals surface area contributed by atoms with Gasteiger partial charge in [0.15, 0.2) is 0 Å². The van der Waals surface area contributed by atoms with Crippen LogP contribution in [0.1, 0.15) is 12.0 Å². The number of rotatable bonds is 2. The third kappa shape index (κ3) is 2.33. The highest BCUT2D eigenvalue weighted by Gasteiger charge is 2.63. The lowest BCUT2D eigenvalue weighted by Crippen LogP contribution is -2.44. The van der Waals surface area contributed by atoms with E-state index in [1.165, 1.54) is 0 Å². The van der Waals surface area contributed by atoms with Crippen LogP contribution in [0.3, 0.4) is 0 Å². The van der Waals surface area contributed by atoms with Gasteiger partial charge in [-0.2, -0.15) is 13.2 Å². The number of benzene rings is 1. The van der Waals surface area contributed by atoms with E-state index in [2.05, 4.69) is 4.74 Å². The van der Waals surface area contributed by atoms with Crippen LogP contribution in [0.25, 0.3) is 0 Å². The van der Waals surface area contributed by atoms with Crippen LogP contribution >= 0.6 is 0 Å². The summed E-state index contributed by atoms with van der Waals surface area (Å²) in [6.45, 7) is 0. The molecule has 1 aliphatic rings. The summed E-state index contributed by atoms with van der Waals surface area (Å²) < 4.78 is 41.6. The Bertz CT molecular complexity index is 444. The number of halogens is 3. The van der Waals surface area contributed by atoms with Gasteiger partial charge in [-0.15, -0.1) is 0 Å². The molecule has 0 radical (unpaired) electrons. The summed E-state index contributed by atoms with van der Waals surface area (Å²) in [4.78, 5) is 11.4. The molecule has 98 valence electrons. The lowest BCUT2D eigenvalue weighted by atomic mass is 9.95. The van der Waals surface area contributed by atoms with E-state index in [1.807, 2.05) is 0 Å². The van der Waals surface area contributed by atoms with E-state index in [1.54, 1.807) is 30.3 Å². The van der Waals surface area contributed by atoms with Crippen LogP contribution in [-0.4, -0.2) is 23.0 Å². The van der Waals surface area contributed by atoms with Gasteiger partial charge in [-0.25, -0.2) is 0 Å². The average Bonchev–Trinajstić information content (AvgIpc) is 2.56. The van der Waals surface area contributed by atoms with Gasteiger partial charge in [0.2, 0.25) is 0 Å². The van der Waals surface area contributed by atoms with E-state index >= 15 is 0 Å². The molecule has 0 aromatic heterocycles. The van der Waals surface area contributed by atoms with Gasteiger partial charge in [0.1, 0.15) is 0 Å². The summed E-state index contributed by atoms with van der Waals surface area (Å²) in [5.41, 5.74) is 0.728. The van der Waals surface area contributed by atoms with Crippen molar-refractivity contribution >= 4 is 5.97 Å². The quantitative estimate of drug-likeness (QED) is 0.828. The number of ether oxygens (including phenoxy) is 1. The molecule has 0 amide bonds. The Balaban J connectivity index is 2.11. The van der Waals surface area contributed by atoms with E-state index in [0.717, 1.165) is 5.56 Å². The Morgan fingerprint density at radius 1 is 1.33 bits per heavy atom. The molecule has 6 heteroatoms. The van der Waals surface area contributed by atoms with Gasteiger partial charge in [-0.05, 0) is 12.0 Å². The van der Waals surface area contributed by atoms with Crippen molar-refractivity contribution in [2.24, 2.45) is 5.92 Å². The summed E-state index contributed by atoms with van der Waals surface area (Å²) >= 11 is 0. The Hall–Kier alpha value is -1.56. The summed E-state index contributed by atoms with van der Waals surface area (Å²) in [7, 11) is 0. The predicted octanol–water partition coefficient (Wildman–Crippen LogP) is 2.04. The number of carbonyl (C=O) groups is 1. The van der Waals surface area contributed by atoms with Crippen LogP contribution in [0.4, 0.5) is 13.2 Å². The number of carbonyl (C=O) groups excluding carboxylic acids is 1. The van der Waals surface area contributed by atoms with E-state index in [4.69, 9.17) is 0 Å². The zero-order chi connectivity index (χ0) is 13.4. The largest absolute Gasteiger partial charge is 0.455 e. The van der Waals surface area contributed by atoms with Crippen LogP contribution < -0.4 is 0 Å². The van der Waals surface area contributed by atoms with Crippen molar-refractivity contribution < 1.29 is 27.8 Å². The molecule has 2 unspecified atom stereocenters. The first kappa shape index (κ1) is 12.9. The second kappa shape index (κ2) is 4.28. The molecule has 1 heterocycles. The van der Waals surface area contributed by atoms with E-state index in [0.29, 0.717) is 0 Å². The molecule has 1 saturated heterocycles. The highest BCUT2D eigenvalue weighted by Crippen LogP contribution is 2.42. The molecule has 0 saturated carbocycles. The Kier molecular flexibility index (Phi) is 3.06. The number of esters is 1. The molecule has 2 atom stereocenters. The highest BCUT2D eigenvalue weighted by molar-refractivity contribution is 5.75. The monoisotopic (exact) mass is 260 g/mol. The molecule has 0 aliphatic carbocycles. The zero-order valence-corrected chi connectivity index (χ0v) is 9.28. The lowest BCUT2D eigenvalue weighted by molar-refractivity contribution is -0.340. The fraction of sp³-hybridized carbons (Fsp3) is 0.417. The normalized spacial score (nSPS) is 28.2. The smallest absolute Gasteiger partial charge is 0.423 e. The molecule has 1 N–H and O–H groups in total. The van der Waals surface area contributed by atoms with Crippen molar-refractivity contribution in [3.8, 4) is 0 Å². The van der Waals surface area contributed by atoms with Gasteiger partial charge in [0.25, 0.3) is 0 Å². The summed E-state index contributed by atoms with van der Waals surface area (Å²) in [6, 6.07) is 8.64. The fourth-order valence-corrected chi connectivity index (χ4v) is 1.94. The zero-order valence-electron chi connectivity index (χ0n) is 9.28. The molecule has 3 nitrogen and oxygen atoms in total. The number of alkyl halides is 3. The van der Waals surface area contributed by atoms with Gasteiger partial charge in [-0.1, -0.05) is 30.3 Å². The molecule has 1 aliphatic heterocycles. The Morgan fingerprint density at radius 3 is 2.44 bits per heavy atom. The molecule has 1 aromatic carbocycles. The second-order valence-corrected chi connectivity index (χ2v) is 4.29. The number of hydrogen-bond donors (Lipinski definition) is 1. The number of cyclic esters (lactones) is 1. The molecule has 0 spiro atoms. The predicted molar refractivity (Wildman–Crippen MR) is 55.3 cm³/mol. The van der Waals surface area contributed by atoms with Crippen molar-refractivity contribution in [1.82, 2.24) is 0 Å². The maximum Gasteiger partial charge on any atom is 0.455 e. The summed E-state index contributed by atoms with van der Waals surface area (Å²) in [5.74, 6) is -5.33. The Labute approximate surface area is 101 Å². The van der Waals surface area contributed by atoms with Crippen LogP contribution in [0.15, 0.2) is 30.3 Å². The van der Waals surface area contributed by atoms with Crippen molar-refractivity contribution in [3.63, 3.8) is 0 Å². The summed E-state index contributed by atoms with van der Waals surface area (Å²) in [6.07, 6.45) is -5.60.